The molecule has 3 N–H and O–H groups in total. The van der Waals surface area contributed by atoms with Crippen LogP contribution in [0.3, 0.4) is 0 Å². The lowest BCUT2D eigenvalue weighted by Gasteiger charge is -2.22. The summed E-state index contributed by atoms with van der Waals surface area (Å²) in [5, 5.41) is 15.4. The number of piperidine rings is 1. The van der Waals surface area contributed by atoms with Crippen molar-refractivity contribution < 1.29 is 9.90 Å². The first-order valence-corrected chi connectivity index (χ1v) is 6.05. The van der Waals surface area contributed by atoms with Crippen LogP contribution in [0.25, 0.3) is 0 Å². The quantitative estimate of drug-likeness (QED) is 0.735. The molecular formula is C13H18N2O2. The van der Waals surface area contributed by atoms with E-state index in [1.807, 2.05) is 6.07 Å². The van der Waals surface area contributed by atoms with Crippen molar-refractivity contribution in [2.45, 2.75) is 31.8 Å². The van der Waals surface area contributed by atoms with Gasteiger partial charge in [0.25, 0.3) is 0 Å². The van der Waals surface area contributed by atoms with Gasteiger partial charge in [0.05, 0.1) is 6.04 Å². The maximum Gasteiger partial charge on any atom is 0.237 e. The minimum absolute atomic E-state index is 0.0491. The third-order valence-electron chi connectivity index (χ3n) is 3.00. The Morgan fingerprint density at radius 1 is 1.47 bits per heavy atom. The van der Waals surface area contributed by atoms with E-state index in [0.717, 1.165) is 31.4 Å². The molecule has 0 aromatic heterocycles. The Hall–Kier alpha value is -1.55. The highest BCUT2D eigenvalue weighted by molar-refractivity contribution is 5.81. The molecule has 1 atom stereocenters. The zero-order chi connectivity index (χ0) is 12.1. The minimum atomic E-state index is -0.0546. The number of hydrogen-bond donors (Lipinski definition) is 3. The van der Waals surface area contributed by atoms with E-state index in [-0.39, 0.29) is 17.7 Å². The highest BCUT2D eigenvalue weighted by atomic mass is 16.3. The highest BCUT2D eigenvalue weighted by Gasteiger charge is 2.19. The fourth-order valence-corrected chi connectivity index (χ4v) is 2.05. The van der Waals surface area contributed by atoms with E-state index < -0.39 is 0 Å². The van der Waals surface area contributed by atoms with Gasteiger partial charge in [0.15, 0.2) is 0 Å². The molecule has 1 aliphatic heterocycles. The number of phenols is 1. The Balaban J connectivity index is 1.83. The molecule has 0 saturated carbocycles. The van der Waals surface area contributed by atoms with E-state index in [0.29, 0.717) is 6.54 Å². The second-order valence-electron chi connectivity index (χ2n) is 4.39. The lowest BCUT2D eigenvalue weighted by Crippen LogP contribution is -2.46. The number of phenolic OH excluding ortho intramolecular Hbond substituents is 1. The topological polar surface area (TPSA) is 61.4 Å². The van der Waals surface area contributed by atoms with Gasteiger partial charge in [0.2, 0.25) is 5.91 Å². The zero-order valence-corrected chi connectivity index (χ0v) is 9.78. The summed E-state index contributed by atoms with van der Waals surface area (Å²) in [7, 11) is 0. The van der Waals surface area contributed by atoms with Gasteiger partial charge >= 0.3 is 0 Å². The van der Waals surface area contributed by atoms with E-state index in [1.54, 1.807) is 18.2 Å². The van der Waals surface area contributed by atoms with Gasteiger partial charge in [0.1, 0.15) is 5.75 Å². The first-order valence-electron chi connectivity index (χ1n) is 6.05. The van der Waals surface area contributed by atoms with Crippen molar-refractivity contribution in [1.29, 1.82) is 0 Å². The van der Waals surface area contributed by atoms with Crippen LogP contribution < -0.4 is 10.6 Å². The van der Waals surface area contributed by atoms with Crippen LogP contribution in [0, 0.1) is 0 Å². The van der Waals surface area contributed by atoms with Gasteiger partial charge in [0, 0.05) is 6.54 Å². The average molecular weight is 234 g/mol. The molecule has 0 spiro atoms. The van der Waals surface area contributed by atoms with Gasteiger partial charge in [-0.05, 0) is 37.1 Å². The Bertz CT molecular complexity index is 387. The van der Waals surface area contributed by atoms with Gasteiger partial charge in [-0.15, -0.1) is 0 Å². The van der Waals surface area contributed by atoms with E-state index in [4.69, 9.17) is 0 Å². The van der Waals surface area contributed by atoms with E-state index in [1.165, 1.54) is 0 Å². The second-order valence-corrected chi connectivity index (χ2v) is 4.39. The molecule has 2 rings (SSSR count). The number of nitrogens with one attached hydrogen (secondary N) is 2. The summed E-state index contributed by atoms with van der Waals surface area (Å²) >= 11 is 0. The largest absolute Gasteiger partial charge is 0.508 e. The average Bonchev–Trinajstić information content (AvgIpc) is 2.37. The molecule has 4 nitrogen and oxygen atoms in total. The molecule has 0 bridgehead atoms. The number of amides is 1. The molecule has 1 amide bonds. The molecule has 17 heavy (non-hydrogen) atoms. The molecule has 1 saturated heterocycles. The van der Waals surface area contributed by atoms with Crippen molar-refractivity contribution >= 4 is 5.91 Å². The summed E-state index contributed by atoms with van der Waals surface area (Å²) in [4.78, 5) is 11.8. The molecule has 1 aromatic carbocycles. The van der Waals surface area contributed by atoms with Crippen molar-refractivity contribution in [2.24, 2.45) is 0 Å². The molecule has 1 unspecified atom stereocenters. The fourth-order valence-electron chi connectivity index (χ4n) is 2.05. The number of carbonyl (C=O) groups excluding carboxylic acids is 1. The third-order valence-corrected chi connectivity index (χ3v) is 3.00. The summed E-state index contributed by atoms with van der Waals surface area (Å²) in [5.74, 6) is 0.278. The van der Waals surface area contributed by atoms with Crippen LogP contribution in [0.15, 0.2) is 24.3 Å². The maximum absolute atomic E-state index is 11.8. The first-order chi connectivity index (χ1) is 8.25. The maximum atomic E-state index is 11.8. The number of carbonyl (C=O) groups is 1. The molecule has 1 fully saturated rings. The van der Waals surface area contributed by atoms with Crippen molar-refractivity contribution in [3.05, 3.63) is 29.8 Å². The van der Waals surface area contributed by atoms with E-state index in [9.17, 15) is 9.90 Å². The molecule has 1 heterocycles. The Labute approximate surface area is 101 Å². The van der Waals surface area contributed by atoms with Crippen LogP contribution in [0.1, 0.15) is 24.8 Å². The van der Waals surface area contributed by atoms with Crippen LogP contribution in [-0.2, 0) is 11.3 Å². The molecule has 4 heteroatoms. The molecular weight excluding hydrogens is 216 g/mol. The zero-order valence-electron chi connectivity index (χ0n) is 9.78. The van der Waals surface area contributed by atoms with Gasteiger partial charge < -0.3 is 15.7 Å². The number of hydrogen-bond acceptors (Lipinski definition) is 3. The lowest BCUT2D eigenvalue weighted by atomic mass is 10.0. The second kappa shape index (κ2) is 5.68. The van der Waals surface area contributed by atoms with Crippen LogP contribution in [0.5, 0.6) is 5.75 Å². The lowest BCUT2D eigenvalue weighted by molar-refractivity contribution is -0.123. The monoisotopic (exact) mass is 234 g/mol. The standard InChI is InChI=1S/C13H18N2O2/c16-11-5-3-4-10(8-11)9-15-13(17)12-6-1-2-7-14-12/h3-5,8,12,14,16H,1-2,6-7,9H2,(H,15,17). The number of benzene rings is 1. The van der Waals surface area contributed by atoms with Crippen molar-refractivity contribution in [3.8, 4) is 5.75 Å². The summed E-state index contributed by atoms with van der Waals surface area (Å²) in [6.07, 6.45) is 3.17. The smallest absolute Gasteiger partial charge is 0.237 e. The summed E-state index contributed by atoms with van der Waals surface area (Å²) in [6.45, 7) is 1.38. The fraction of sp³-hybridized carbons (Fsp3) is 0.462. The van der Waals surface area contributed by atoms with E-state index in [2.05, 4.69) is 10.6 Å². The SMILES string of the molecule is O=C(NCc1cccc(O)c1)C1CCCCN1. The molecule has 0 radical (unpaired) electrons. The van der Waals surface area contributed by atoms with Crippen LogP contribution in [-0.4, -0.2) is 23.6 Å². The Morgan fingerprint density at radius 2 is 2.35 bits per heavy atom. The van der Waals surface area contributed by atoms with Crippen molar-refractivity contribution in [1.82, 2.24) is 10.6 Å². The van der Waals surface area contributed by atoms with Gasteiger partial charge in [-0.25, -0.2) is 0 Å². The first kappa shape index (κ1) is 11.9. The summed E-state index contributed by atoms with van der Waals surface area (Å²) < 4.78 is 0. The summed E-state index contributed by atoms with van der Waals surface area (Å²) in [6, 6.07) is 6.88. The van der Waals surface area contributed by atoms with Gasteiger partial charge in [-0.3, -0.25) is 4.79 Å². The van der Waals surface area contributed by atoms with Gasteiger partial charge in [-0.1, -0.05) is 18.6 Å². The van der Waals surface area contributed by atoms with Crippen LogP contribution >= 0.6 is 0 Å². The Morgan fingerprint density at radius 3 is 3.06 bits per heavy atom. The molecule has 92 valence electrons. The van der Waals surface area contributed by atoms with Crippen molar-refractivity contribution in [2.75, 3.05) is 6.54 Å². The van der Waals surface area contributed by atoms with Gasteiger partial charge in [-0.2, -0.15) is 0 Å². The molecule has 0 aliphatic carbocycles. The third kappa shape index (κ3) is 3.46. The predicted octanol–water partition coefficient (Wildman–Crippen LogP) is 1.15. The predicted molar refractivity (Wildman–Crippen MR) is 65.6 cm³/mol. The summed E-state index contributed by atoms with van der Waals surface area (Å²) in [5.41, 5.74) is 0.911. The van der Waals surface area contributed by atoms with Crippen LogP contribution in [0.2, 0.25) is 0 Å². The minimum Gasteiger partial charge on any atom is -0.508 e. The van der Waals surface area contributed by atoms with Crippen LogP contribution in [0.4, 0.5) is 0 Å². The number of rotatable bonds is 3. The van der Waals surface area contributed by atoms with E-state index >= 15 is 0 Å². The highest BCUT2D eigenvalue weighted by Crippen LogP contribution is 2.11. The Kier molecular flexibility index (Phi) is 3.98. The number of aromatic hydroxyl groups is 1. The molecule has 1 aliphatic rings. The molecule has 1 aromatic rings. The van der Waals surface area contributed by atoms with Crippen molar-refractivity contribution in [3.63, 3.8) is 0 Å². The normalized spacial score (nSPS) is 19.9.